The first kappa shape index (κ1) is 9.66. The van der Waals surface area contributed by atoms with E-state index in [9.17, 15) is 5.11 Å². The maximum absolute atomic E-state index is 10.1. The minimum Gasteiger partial charge on any atom is -0.387 e. The molecule has 0 radical (unpaired) electrons. The van der Waals surface area contributed by atoms with Gasteiger partial charge in [-0.05, 0) is 30.9 Å². The van der Waals surface area contributed by atoms with E-state index in [1.807, 2.05) is 18.2 Å². The molecular weight excluding hydrogens is 174 g/mol. The lowest BCUT2D eigenvalue weighted by Crippen LogP contribution is -2.16. The number of nitrogens with zero attached hydrogens (tertiary/aromatic N) is 1. The second kappa shape index (κ2) is 4.56. The van der Waals surface area contributed by atoms with Gasteiger partial charge in [0.1, 0.15) is 0 Å². The normalized spacial score (nSPS) is 20.6. The molecule has 2 heteroatoms. The highest BCUT2D eigenvalue weighted by molar-refractivity contribution is 5.07. The van der Waals surface area contributed by atoms with E-state index in [4.69, 9.17) is 0 Å². The predicted molar refractivity (Wildman–Crippen MR) is 55.8 cm³/mol. The summed E-state index contributed by atoms with van der Waals surface area (Å²) in [7, 11) is 0. The molecule has 1 fully saturated rings. The molecule has 2 nitrogen and oxygen atoms in total. The lowest BCUT2D eigenvalue weighted by Gasteiger charge is -2.25. The van der Waals surface area contributed by atoms with Crippen LogP contribution in [0.5, 0.6) is 0 Å². The van der Waals surface area contributed by atoms with E-state index in [0.717, 1.165) is 18.5 Å². The molecule has 0 aromatic carbocycles. The highest BCUT2D eigenvalue weighted by Gasteiger charge is 2.23. The van der Waals surface area contributed by atoms with Crippen molar-refractivity contribution in [3.8, 4) is 0 Å². The Kier molecular flexibility index (Phi) is 3.14. The fraction of sp³-hybridized carbons (Fsp3) is 0.583. The Bertz CT molecular complexity index is 267. The SMILES string of the molecule is OC(c1ccccn1)C1CCCCC1. The fourth-order valence-corrected chi connectivity index (χ4v) is 2.24. The highest BCUT2D eigenvalue weighted by Crippen LogP contribution is 2.33. The topological polar surface area (TPSA) is 33.1 Å². The van der Waals surface area contributed by atoms with E-state index in [-0.39, 0.29) is 6.10 Å². The second-order valence-electron chi connectivity index (χ2n) is 4.10. The zero-order chi connectivity index (χ0) is 9.80. The second-order valence-corrected chi connectivity index (χ2v) is 4.10. The smallest absolute Gasteiger partial charge is 0.0987 e. The summed E-state index contributed by atoms with van der Waals surface area (Å²) in [6.45, 7) is 0. The largest absolute Gasteiger partial charge is 0.387 e. The summed E-state index contributed by atoms with van der Waals surface area (Å²) in [4.78, 5) is 4.20. The van der Waals surface area contributed by atoms with Crippen molar-refractivity contribution in [1.29, 1.82) is 0 Å². The van der Waals surface area contributed by atoms with Gasteiger partial charge in [-0.15, -0.1) is 0 Å². The molecule has 1 aliphatic carbocycles. The maximum atomic E-state index is 10.1. The first-order chi connectivity index (χ1) is 6.88. The van der Waals surface area contributed by atoms with Crippen molar-refractivity contribution in [3.63, 3.8) is 0 Å². The molecule has 0 saturated heterocycles. The molecule has 1 saturated carbocycles. The number of rotatable bonds is 2. The quantitative estimate of drug-likeness (QED) is 0.779. The van der Waals surface area contributed by atoms with E-state index >= 15 is 0 Å². The standard InChI is InChI=1S/C12H17NO/c14-12(10-6-2-1-3-7-10)11-8-4-5-9-13-11/h4-5,8-10,12,14H,1-3,6-7H2. The molecule has 14 heavy (non-hydrogen) atoms. The molecule has 1 aromatic heterocycles. The van der Waals surface area contributed by atoms with Gasteiger partial charge in [0.25, 0.3) is 0 Å². The predicted octanol–water partition coefficient (Wildman–Crippen LogP) is 2.70. The van der Waals surface area contributed by atoms with Gasteiger partial charge in [-0.2, -0.15) is 0 Å². The highest BCUT2D eigenvalue weighted by atomic mass is 16.3. The molecule has 2 rings (SSSR count). The van der Waals surface area contributed by atoms with Gasteiger partial charge in [0.2, 0.25) is 0 Å². The average molecular weight is 191 g/mol. The molecule has 0 aliphatic heterocycles. The van der Waals surface area contributed by atoms with Crippen LogP contribution in [-0.4, -0.2) is 10.1 Å². The first-order valence-corrected chi connectivity index (χ1v) is 5.47. The van der Waals surface area contributed by atoms with Crippen molar-refractivity contribution in [2.45, 2.75) is 38.2 Å². The van der Waals surface area contributed by atoms with Gasteiger partial charge < -0.3 is 5.11 Å². The summed E-state index contributed by atoms with van der Waals surface area (Å²) in [6, 6.07) is 5.74. The Morgan fingerprint density at radius 2 is 2.00 bits per heavy atom. The monoisotopic (exact) mass is 191 g/mol. The number of aliphatic hydroxyl groups is 1. The van der Waals surface area contributed by atoms with E-state index in [2.05, 4.69) is 4.98 Å². The third kappa shape index (κ3) is 2.13. The Hall–Kier alpha value is -0.890. The summed E-state index contributed by atoms with van der Waals surface area (Å²) in [5, 5.41) is 10.1. The molecule has 1 heterocycles. The summed E-state index contributed by atoms with van der Waals surface area (Å²) < 4.78 is 0. The number of hydrogen-bond acceptors (Lipinski definition) is 2. The van der Waals surface area contributed by atoms with Crippen molar-refractivity contribution in [3.05, 3.63) is 30.1 Å². The fourth-order valence-electron chi connectivity index (χ4n) is 2.24. The van der Waals surface area contributed by atoms with E-state index < -0.39 is 0 Å². The Labute approximate surface area is 85.0 Å². The molecule has 0 bridgehead atoms. The molecule has 1 atom stereocenters. The Morgan fingerprint density at radius 3 is 2.64 bits per heavy atom. The van der Waals surface area contributed by atoms with Crippen LogP contribution in [-0.2, 0) is 0 Å². The number of hydrogen-bond donors (Lipinski definition) is 1. The zero-order valence-electron chi connectivity index (χ0n) is 8.39. The van der Waals surface area contributed by atoms with Crippen molar-refractivity contribution >= 4 is 0 Å². The minimum atomic E-state index is -0.350. The number of aromatic nitrogens is 1. The van der Waals surface area contributed by atoms with E-state index in [1.165, 1.54) is 19.3 Å². The van der Waals surface area contributed by atoms with Crippen LogP contribution in [0.15, 0.2) is 24.4 Å². The molecule has 0 amide bonds. The molecule has 1 aliphatic rings. The van der Waals surface area contributed by atoms with Gasteiger partial charge in [0.05, 0.1) is 11.8 Å². The molecule has 1 aromatic rings. The zero-order valence-corrected chi connectivity index (χ0v) is 8.39. The van der Waals surface area contributed by atoms with Crippen LogP contribution in [0.25, 0.3) is 0 Å². The van der Waals surface area contributed by atoms with Crippen molar-refractivity contribution < 1.29 is 5.11 Å². The third-order valence-electron chi connectivity index (χ3n) is 3.09. The molecule has 1 N–H and O–H groups in total. The van der Waals surface area contributed by atoms with Gasteiger partial charge in [-0.3, -0.25) is 4.98 Å². The maximum Gasteiger partial charge on any atom is 0.0987 e. The van der Waals surface area contributed by atoms with Gasteiger partial charge >= 0.3 is 0 Å². The van der Waals surface area contributed by atoms with Gasteiger partial charge in [-0.1, -0.05) is 25.3 Å². The summed E-state index contributed by atoms with van der Waals surface area (Å²) >= 11 is 0. The van der Waals surface area contributed by atoms with Crippen LogP contribution in [0, 0.1) is 5.92 Å². The summed E-state index contributed by atoms with van der Waals surface area (Å²) in [6.07, 6.45) is 7.54. The third-order valence-corrected chi connectivity index (χ3v) is 3.09. The molecule has 76 valence electrons. The van der Waals surface area contributed by atoms with Crippen molar-refractivity contribution in [2.75, 3.05) is 0 Å². The van der Waals surface area contributed by atoms with Crippen LogP contribution in [0.3, 0.4) is 0 Å². The first-order valence-electron chi connectivity index (χ1n) is 5.47. The minimum absolute atomic E-state index is 0.350. The number of aliphatic hydroxyl groups excluding tert-OH is 1. The Morgan fingerprint density at radius 1 is 1.21 bits per heavy atom. The van der Waals surface area contributed by atoms with E-state index in [1.54, 1.807) is 6.20 Å². The summed E-state index contributed by atoms with van der Waals surface area (Å²) in [5.41, 5.74) is 0.833. The molecule has 0 spiro atoms. The van der Waals surface area contributed by atoms with Crippen molar-refractivity contribution in [2.24, 2.45) is 5.92 Å². The van der Waals surface area contributed by atoms with Crippen LogP contribution < -0.4 is 0 Å². The average Bonchev–Trinajstić information content (AvgIpc) is 2.30. The van der Waals surface area contributed by atoms with Gasteiger partial charge in [0.15, 0.2) is 0 Å². The van der Waals surface area contributed by atoms with Crippen LogP contribution in [0.4, 0.5) is 0 Å². The van der Waals surface area contributed by atoms with E-state index in [0.29, 0.717) is 5.92 Å². The van der Waals surface area contributed by atoms with Crippen LogP contribution in [0.1, 0.15) is 43.9 Å². The van der Waals surface area contributed by atoms with Gasteiger partial charge in [-0.25, -0.2) is 0 Å². The molecule has 1 unspecified atom stereocenters. The Balaban J connectivity index is 2.03. The van der Waals surface area contributed by atoms with Gasteiger partial charge in [0, 0.05) is 6.20 Å². The lowest BCUT2D eigenvalue weighted by molar-refractivity contribution is 0.0811. The van der Waals surface area contributed by atoms with Crippen LogP contribution in [0.2, 0.25) is 0 Å². The summed E-state index contributed by atoms with van der Waals surface area (Å²) in [5.74, 6) is 0.429. The number of pyridine rings is 1. The van der Waals surface area contributed by atoms with Crippen molar-refractivity contribution in [1.82, 2.24) is 4.98 Å². The van der Waals surface area contributed by atoms with Crippen LogP contribution >= 0.6 is 0 Å². The lowest BCUT2D eigenvalue weighted by atomic mass is 9.84. The molecular formula is C12H17NO.